The van der Waals surface area contributed by atoms with Crippen molar-refractivity contribution in [2.45, 2.75) is 32.8 Å². The predicted octanol–water partition coefficient (Wildman–Crippen LogP) is 3.35. The molecular weight excluding hydrogens is 280 g/mol. The fourth-order valence-corrected chi connectivity index (χ4v) is 1.31. The maximum Gasteiger partial charge on any atom is 0.309 e. The SMILES string of the molecule is CC(C)(C)OC(=O)CCOc1c(F)c(F)cc(F)c1F. The van der Waals surface area contributed by atoms with Gasteiger partial charge in [0.15, 0.2) is 17.4 Å². The van der Waals surface area contributed by atoms with Gasteiger partial charge in [-0.1, -0.05) is 0 Å². The summed E-state index contributed by atoms with van der Waals surface area (Å²) in [7, 11) is 0. The highest BCUT2D eigenvalue weighted by molar-refractivity contribution is 5.69. The second kappa shape index (κ2) is 6.11. The third-order valence-electron chi connectivity index (χ3n) is 2.04. The third-order valence-corrected chi connectivity index (χ3v) is 2.04. The molecule has 7 heteroatoms. The maximum absolute atomic E-state index is 13.2. The van der Waals surface area contributed by atoms with E-state index in [1.165, 1.54) is 0 Å². The molecule has 0 bridgehead atoms. The summed E-state index contributed by atoms with van der Waals surface area (Å²) < 4.78 is 61.7. The lowest BCUT2D eigenvalue weighted by molar-refractivity contribution is -0.155. The second-order valence-electron chi connectivity index (χ2n) is 4.98. The van der Waals surface area contributed by atoms with Gasteiger partial charge in [0.2, 0.25) is 11.6 Å². The lowest BCUT2D eigenvalue weighted by Crippen LogP contribution is -2.25. The molecule has 0 N–H and O–H groups in total. The molecule has 0 aromatic heterocycles. The van der Waals surface area contributed by atoms with Crippen molar-refractivity contribution in [1.29, 1.82) is 0 Å². The Morgan fingerprint density at radius 2 is 1.60 bits per heavy atom. The van der Waals surface area contributed by atoms with Gasteiger partial charge in [0.25, 0.3) is 0 Å². The van der Waals surface area contributed by atoms with Crippen LogP contribution in [0.2, 0.25) is 0 Å². The van der Waals surface area contributed by atoms with Crippen molar-refractivity contribution in [1.82, 2.24) is 0 Å². The van der Waals surface area contributed by atoms with Gasteiger partial charge in [-0.2, -0.15) is 8.78 Å². The summed E-state index contributed by atoms with van der Waals surface area (Å²) in [5.74, 6) is -8.28. The maximum atomic E-state index is 13.2. The number of benzene rings is 1. The topological polar surface area (TPSA) is 35.5 Å². The summed E-state index contributed by atoms with van der Waals surface area (Å²) in [6, 6.07) is 0.0748. The largest absolute Gasteiger partial charge is 0.487 e. The predicted molar refractivity (Wildman–Crippen MR) is 62.2 cm³/mol. The Morgan fingerprint density at radius 3 is 2.05 bits per heavy atom. The van der Waals surface area contributed by atoms with Crippen LogP contribution in [-0.2, 0) is 9.53 Å². The zero-order valence-electron chi connectivity index (χ0n) is 11.2. The monoisotopic (exact) mass is 294 g/mol. The van der Waals surface area contributed by atoms with Gasteiger partial charge in [-0.05, 0) is 20.8 Å². The molecule has 0 radical (unpaired) electrons. The molecule has 1 aromatic rings. The first-order chi connectivity index (χ1) is 9.11. The van der Waals surface area contributed by atoms with E-state index >= 15 is 0 Å². The van der Waals surface area contributed by atoms with Crippen LogP contribution >= 0.6 is 0 Å². The average Bonchev–Trinajstić information content (AvgIpc) is 2.29. The molecule has 20 heavy (non-hydrogen) atoms. The minimum absolute atomic E-state index is 0.0748. The van der Waals surface area contributed by atoms with Crippen LogP contribution in [0.15, 0.2) is 6.07 Å². The molecule has 1 aromatic carbocycles. The van der Waals surface area contributed by atoms with E-state index in [0.717, 1.165) is 0 Å². The van der Waals surface area contributed by atoms with Crippen LogP contribution in [0.5, 0.6) is 5.75 Å². The molecule has 3 nitrogen and oxygen atoms in total. The van der Waals surface area contributed by atoms with Crippen LogP contribution in [0.1, 0.15) is 27.2 Å². The van der Waals surface area contributed by atoms with Crippen LogP contribution in [0.4, 0.5) is 17.6 Å². The lowest BCUT2D eigenvalue weighted by atomic mass is 10.2. The van der Waals surface area contributed by atoms with E-state index < -0.39 is 47.2 Å². The molecular formula is C13H14F4O3. The lowest BCUT2D eigenvalue weighted by Gasteiger charge is -2.19. The van der Waals surface area contributed by atoms with Crippen molar-refractivity contribution in [3.63, 3.8) is 0 Å². The molecule has 0 spiro atoms. The first kappa shape index (κ1) is 16.3. The fraction of sp³-hybridized carbons (Fsp3) is 0.462. The van der Waals surface area contributed by atoms with Gasteiger partial charge in [0.05, 0.1) is 13.0 Å². The summed E-state index contributed by atoms with van der Waals surface area (Å²) in [4.78, 5) is 11.3. The van der Waals surface area contributed by atoms with Crippen molar-refractivity contribution in [2.24, 2.45) is 0 Å². The number of hydrogen-bond donors (Lipinski definition) is 0. The highest BCUT2D eigenvalue weighted by Crippen LogP contribution is 2.26. The van der Waals surface area contributed by atoms with Gasteiger partial charge in [0.1, 0.15) is 5.60 Å². The van der Waals surface area contributed by atoms with Crippen molar-refractivity contribution < 1.29 is 31.8 Å². The third kappa shape index (κ3) is 4.40. The first-order valence-corrected chi connectivity index (χ1v) is 5.79. The minimum atomic E-state index is -1.65. The quantitative estimate of drug-likeness (QED) is 0.485. The number of carbonyl (C=O) groups excluding carboxylic acids is 1. The summed E-state index contributed by atoms with van der Waals surface area (Å²) >= 11 is 0. The minimum Gasteiger partial charge on any atom is -0.487 e. The number of rotatable bonds is 4. The Labute approximate surface area is 113 Å². The molecule has 0 heterocycles. The Hall–Kier alpha value is -1.79. The first-order valence-electron chi connectivity index (χ1n) is 5.79. The Balaban J connectivity index is 2.66. The molecule has 0 amide bonds. The molecule has 0 saturated heterocycles. The average molecular weight is 294 g/mol. The molecule has 0 aliphatic carbocycles. The second-order valence-corrected chi connectivity index (χ2v) is 4.98. The van der Waals surface area contributed by atoms with Crippen LogP contribution < -0.4 is 4.74 Å². The summed E-state index contributed by atoms with van der Waals surface area (Å²) in [6.45, 7) is 4.47. The number of ether oxygens (including phenoxy) is 2. The highest BCUT2D eigenvalue weighted by Gasteiger charge is 2.21. The Kier molecular flexibility index (Phi) is 4.97. The van der Waals surface area contributed by atoms with E-state index in [0.29, 0.717) is 0 Å². The molecule has 0 fully saturated rings. The van der Waals surface area contributed by atoms with Crippen molar-refractivity contribution in [3.8, 4) is 5.75 Å². The van der Waals surface area contributed by atoms with Gasteiger partial charge in [0, 0.05) is 6.07 Å². The smallest absolute Gasteiger partial charge is 0.309 e. The van der Waals surface area contributed by atoms with E-state index in [1.807, 2.05) is 0 Å². The van der Waals surface area contributed by atoms with Gasteiger partial charge < -0.3 is 9.47 Å². The normalized spacial score (nSPS) is 11.3. The number of carbonyl (C=O) groups is 1. The molecule has 0 aliphatic rings. The van der Waals surface area contributed by atoms with Gasteiger partial charge in [-0.15, -0.1) is 0 Å². The van der Waals surface area contributed by atoms with E-state index in [-0.39, 0.29) is 12.5 Å². The van der Waals surface area contributed by atoms with Gasteiger partial charge in [-0.3, -0.25) is 4.79 Å². The van der Waals surface area contributed by atoms with Crippen LogP contribution in [0.25, 0.3) is 0 Å². The molecule has 0 atom stereocenters. The standard InChI is InChI=1S/C13H14F4O3/c1-13(2,3)20-9(18)4-5-19-12-10(16)7(14)6-8(15)11(12)17/h6H,4-5H2,1-3H3. The van der Waals surface area contributed by atoms with Crippen LogP contribution in [-0.4, -0.2) is 18.2 Å². The summed E-state index contributed by atoms with van der Waals surface area (Å²) in [5.41, 5.74) is -0.710. The summed E-state index contributed by atoms with van der Waals surface area (Å²) in [5, 5.41) is 0. The Morgan fingerprint density at radius 1 is 1.10 bits per heavy atom. The fourth-order valence-electron chi connectivity index (χ4n) is 1.31. The number of halogens is 4. The molecule has 1 rings (SSSR count). The van der Waals surface area contributed by atoms with Crippen LogP contribution in [0, 0.1) is 23.3 Å². The van der Waals surface area contributed by atoms with E-state index in [4.69, 9.17) is 4.74 Å². The van der Waals surface area contributed by atoms with Gasteiger partial charge in [-0.25, -0.2) is 8.78 Å². The van der Waals surface area contributed by atoms with E-state index in [9.17, 15) is 22.4 Å². The van der Waals surface area contributed by atoms with Gasteiger partial charge >= 0.3 is 5.97 Å². The Bertz CT molecular complexity index is 483. The molecule has 112 valence electrons. The molecule has 0 aliphatic heterocycles. The zero-order valence-corrected chi connectivity index (χ0v) is 11.2. The van der Waals surface area contributed by atoms with Crippen LogP contribution in [0.3, 0.4) is 0 Å². The molecule has 0 unspecified atom stereocenters. The van der Waals surface area contributed by atoms with Crippen molar-refractivity contribution >= 4 is 5.97 Å². The summed E-state index contributed by atoms with van der Waals surface area (Å²) in [6.07, 6.45) is -0.311. The number of hydrogen-bond acceptors (Lipinski definition) is 3. The van der Waals surface area contributed by atoms with Crippen molar-refractivity contribution in [2.75, 3.05) is 6.61 Å². The molecule has 0 saturated carbocycles. The zero-order chi connectivity index (χ0) is 15.5. The van der Waals surface area contributed by atoms with E-state index in [2.05, 4.69) is 4.74 Å². The number of esters is 1. The van der Waals surface area contributed by atoms with Crippen molar-refractivity contribution in [3.05, 3.63) is 29.3 Å². The van der Waals surface area contributed by atoms with E-state index in [1.54, 1.807) is 20.8 Å². The highest BCUT2D eigenvalue weighted by atomic mass is 19.2.